The highest BCUT2D eigenvalue weighted by Gasteiger charge is 2.35. The first-order valence-corrected chi connectivity index (χ1v) is 9.03. The van der Waals surface area contributed by atoms with Crippen LogP contribution in [0, 0.1) is 18.3 Å². The summed E-state index contributed by atoms with van der Waals surface area (Å²) in [5.41, 5.74) is 2.26. The van der Waals surface area contributed by atoms with E-state index < -0.39 is 10.0 Å². The van der Waals surface area contributed by atoms with Gasteiger partial charge in [0.25, 0.3) is 0 Å². The van der Waals surface area contributed by atoms with Gasteiger partial charge in [-0.2, -0.15) is 10.4 Å². The summed E-state index contributed by atoms with van der Waals surface area (Å²) in [4.78, 5) is 0.134. The van der Waals surface area contributed by atoms with Crippen molar-refractivity contribution < 1.29 is 13.2 Å². The number of aromatic nitrogens is 2. The van der Waals surface area contributed by atoms with Crippen molar-refractivity contribution in [3.8, 4) is 6.07 Å². The highest BCUT2D eigenvalue weighted by atomic mass is 32.2. The number of nitriles is 1. The molecule has 1 aromatic heterocycles. The SMILES string of the molecule is Cc1c([C@H]2OCC[C@@H]2NS(=O)(=O)c2ccc(C#N)cc2)cnn1C. The van der Waals surface area contributed by atoms with Crippen LogP contribution in [0.4, 0.5) is 0 Å². The number of rotatable bonds is 4. The molecule has 1 aliphatic heterocycles. The Kier molecular flexibility index (Phi) is 4.41. The van der Waals surface area contributed by atoms with Gasteiger partial charge in [-0.05, 0) is 37.6 Å². The van der Waals surface area contributed by atoms with Gasteiger partial charge in [-0.3, -0.25) is 4.68 Å². The van der Waals surface area contributed by atoms with Crippen LogP contribution in [0.3, 0.4) is 0 Å². The molecule has 8 heteroatoms. The zero-order chi connectivity index (χ0) is 17.3. The minimum absolute atomic E-state index is 0.134. The second-order valence-corrected chi connectivity index (χ2v) is 7.47. The first-order chi connectivity index (χ1) is 11.4. The number of sulfonamides is 1. The van der Waals surface area contributed by atoms with Crippen LogP contribution in [0.5, 0.6) is 0 Å². The number of nitrogens with zero attached hydrogens (tertiary/aromatic N) is 3. The normalized spacial score (nSPS) is 20.9. The van der Waals surface area contributed by atoms with E-state index in [1.54, 1.807) is 10.9 Å². The lowest BCUT2D eigenvalue weighted by Crippen LogP contribution is -2.36. The van der Waals surface area contributed by atoms with E-state index >= 15 is 0 Å². The molecule has 2 heterocycles. The second-order valence-electron chi connectivity index (χ2n) is 5.75. The predicted octanol–water partition coefficient (Wildman–Crippen LogP) is 1.41. The fourth-order valence-corrected chi connectivity index (χ4v) is 4.06. The van der Waals surface area contributed by atoms with E-state index in [4.69, 9.17) is 10.00 Å². The lowest BCUT2D eigenvalue weighted by atomic mass is 10.0. The Morgan fingerprint density at radius 1 is 1.38 bits per heavy atom. The maximum absolute atomic E-state index is 12.6. The number of hydrogen-bond donors (Lipinski definition) is 1. The van der Waals surface area contributed by atoms with Crippen LogP contribution in [-0.2, 0) is 21.8 Å². The first-order valence-electron chi connectivity index (χ1n) is 7.55. The molecule has 2 atom stereocenters. The number of ether oxygens (including phenoxy) is 1. The number of nitrogens with one attached hydrogen (secondary N) is 1. The lowest BCUT2D eigenvalue weighted by Gasteiger charge is -2.20. The molecule has 1 fully saturated rings. The van der Waals surface area contributed by atoms with Crippen LogP contribution in [0.25, 0.3) is 0 Å². The van der Waals surface area contributed by atoms with E-state index in [0.29, 0.717) is 18.6 Å². The third-order valence-corrected chi connectivity index (χ3v) is 5.78. The summed E-state index contributed by atoms with van der Waals surface area (Å²) in [7, 11) is -1.85. The molecule has 1 N–H and O–H groups in total. The molecule has 0 aliphatic carbocycles. The van der Waals surface area contributed by atoms with Crippen molar-refractivity contribution in [1.82, 2.24) is 14.5 Å². The van der Waals surface area contributed by atoms with Crippen LogP contribution in [0.15, 0.2) is 35.4 Å². The number of aryl methyl sites for hydroxylation is 1. The highest BCUT2D eigenvalue weighted by molar-refractivity contribution is 7.89. The van der Waals surface area contributed by atoms with E-state index in [0.717, 1.165) is 11.3 Å². The maximum Gasteiger partial charge on any atom is 0.240 e. The molecule has 0 spiro atoms. The van der Waals surface area contributed by atoms with E-state index in [2.05, 4.69) is 9.82 Å². The molecule has 2 aromatic rings. The molecule has 1 saturated heterocycles. The smallest absolute Gasteiger partial charge is 0.240 e. The molecule has 0 amide bonds. The standard InChI is InChI=1S/C16H18N4O3S/c1-11-14(10-18-20(11)2)16-15(7-8-23-16)19-24(21,22)13-5-3-12(9-17)4-6-13/h3-6,10,15-16,19H,7-8H2,1-2H3/t15-,16+/m0/s1. The van der Waals surface area contributed by atoms with Crippen molar-refractivity contribution >= 4 is 10.0 Å². The minimum atomic E-state index is -3.68. The molecule has 126 valence electrons. The van der Waals surface area contributed by atoms with Crippen LogP contribution in [0.1, 0.15) is 29.3 Å². The highest BCUT2D eigenvalue weighted by Crippen LogP contribution is 2.31. The zero-order valence-corrected chi connectivity index (χ0v) is 14.2. The molecule has 24 heavy (non-hydrogen) atoms. The van der Waals surface area contributed by atoms with Gasteiger partial charge >= 0.3 is 0 Å². The van der Waals surface area contributed by atoms with Gasteiger partial charge in [-0.15, -0.1) is 0 Å². The Bertz CT molecular complexity index is 881. The molecule has 0 unspecified atom stereocenters. The van der Waals surface area contributed by atoms with Gasteiger partial charge in [0.1, 0.15) is 6.10 Å². The van der Waals surface area contributed by atoms with Crippen molar-refractivity contribution in [3.05, 3.63) is 47.3 Å². The van der Waals surface area contributed by atoms with E-state index in [1.165, 1.54) is 24.3 Å². The summed E-state index contributed by atoms with van der Waals surface area (Å²) in [6, 6.07) is 7.46. The van der Waals surface area contributed by atoms with Gasteiger partial charge < -0.3 is 4.74 Å². The molecule has 0 radical (unpaired) electrons. The Balaban J connectivity index is 1.83. The zero-order valence-electron chi connectivity index (χ0n) is 13.4. The molecular weight excluding hydrogens is 328 g/mol. The van der Waals surface area contributed by atoms with Crippen molar-refractivity contribution in [2.24, 2.45) is 7.05 Å². The summed E-state index contributed by atoms with van der Waals surface area (Å²) >= 11 is 0. The molecule has 1 aromatic carbocycles. The topological polar surface area (TPSA) is 97.0 Å². The molecule has 3 rings (SSSR count). The molecular formula is C16H18N4O3S. The van der Waals surface area contributed by atoms with Gasteiger partial charge in [0.05, 0.1) is 28.8 Å². The third kappa shape index (κ3) is 3.06. The summed E-state index contributed by atoms with van der Waals surface area (Å²) in [6.45, 7) is 2.41. The van der Waals surface area contributed by atoms with Crippen LogP contribution in [-0.4, -0.2) is 30.8 Å². The Morgan fingerprint density at radius 3 is 2.67 bits per heavy atom. The molecule has 7 nitrogen and oxygen atoms in total. The fraction of sp³-hybridized carbons (Fsp3) is 0.375. The Hall–Kier alpha value is -2.21. The molecule has 1 aliphatic rings. The quantitative estimate of drug-likeness (QED) is 0.903. The van der Waals surface area contributed by atoms with Crippen LogP contribution in [0.2, 0.25) is 0 Å². The Morgan fingerprint density at radius 2 is 2.08 bits per heavy atom. The van der Waals surface area contributed by atoms with Gasteiger partial charge in [0.15, 0.2) is 0 Å². The molecule has 0 bridgehead atoms. The van der Waals surface area contributed by atoms with Gasteiger partial charge in [0, 0.05) is 24.9 Å². The summed E-state index contributed by atoms with van der Waals surface area (Å²) < 4.78 is 35.4. The Labute approximate surface area is 140 Å². The van der Waals surface area contributed by atoms with E-state index in [9.17, 15) is 8.42 Å². The lowest BCUT2D eigenvalue weighted by molar-refractivity contribution is 0.102. The van der Waals surface area contributed by atoms with Crippen LogP contribution < -0.4 is 4.72 Å². The minimum Gasteiger partial charge on any atom is -0.372 e. The average molecular weight is 346 g/mol. The molecule has 0 saturated carbocycles. The number of benzene rings is 1. The summed E-state index contributed by atoms with van der Waals surface area (Å²) in [5.74, 6) is 0. The van der Waals surface area contributed by atoms with Crippen molar-refractivity contribution in [2.45, 2.75) is 30.4 Å². The largest absolute Gasteiger partial charge is 0.372 e. The van der Waals surface area contributed by atoms with E-state index in [1.807, 2.05) is 20.0 Å². The summed E-state index contributed by atoms with van der Waals surface area (Å²) in [6.07, 6.45) is 1.95. The van der Waals surface area contributed by atoms with Gasteiger partial charge in [0.2, 0.25) is 10.0 Å². The first kappa shape index (κ1) is 16.6. The van der Waals surface area contributed by atoms with Crippen LogP contribution >= 0.6 is 0 Å². The third-order valence-electron chi connectivity index (χ3n) is 4.27. The van der Waals surface area contributed by atoms with E-state index in [-0.39, 0.29) is 17.0 Å². The fourth-order valence-electron chi connectivity index (χ4n) is 2.79. The second kappa shape index (κ2) is 6.36. The summed E-state index contributed by atoms with van der Waals surface area (Å²) in [5, 5.41) is 13.0. The average Bonchev–Trinajstić information content (AvgIpc) is 3.14. The number of hydrogen-bond acceptors (Lipinski definition) is 5. The van der Waals surface area contributed by atoms with Crippen molar-refractivity contribution in [1.29, 1.82) is 5.26 Å². The van der Waals surface area contributed by atoms with Crippen molar-refractivity contribution in [2.75, 3.05) is 6.61 Å². The van der Waals surface area contributed by atoms with Gasteiger partial charge in [-0.25, -0.2) is 13.1 Å². The predicted molar refractivity (Wildman–Crippen MR) is 86.5 cm³/mol. The monoisotopic (exact) mass is 346 g/mol. The van der Waals surface area contributed by atoms with Crippen molar-refractivity contribution in [3.63, 3.8) is 0 Å². The van der Waals surface area contributed by atoms with Gasteiger partial charge in [-0.1, -0.05) is 0 Å². The maximum atomic E-state index is 12.6.